The van der Waals surface area contributed by atoms with E-state index in [2.05, 4.69) is 27.7 Å². The van der Waals surface area contributed by atoms with Crippen molar-refractivity contribution >= 4 is 23.7 Å². The molecule has 6 fully saturated rings. The van der Waals surface area contributed by atoms with E-state index in [0.717, 1.165) is 37.7 Å². The van der Waals surface area contributed by atoms with Crippen LogP contribution in [0.25, 0.3) is 0 Å². The summed E-state index contributed by atoms with van der Waals surface area (Å²) >= 11 is 0. The number of allylic oxidation sites excluding steroid dienone is 2. The van der Waals surface area contributed by atoms with Gasteiger partial charge in [0.05, 0.1) is 11.5 Å². The Morgan fingerprint density at radius 2 is 1.28 bits per heavy atom. The molecule has 4 saturated carbocycles. The fourth-order valence-electron chi connectivity index (χ4n) is 13.4. The minimum absolute atomic E-state index is 0.0217. The van der Waals surface area contributed by atoms with Crippen LogP contribution in [0.1, 0.15) is 106 Å². The number of aliphatic hydroxyl groups excluding tert-OH is 5. The number of carboxylic acid groups (broad SMARTS) is 3. The van der Waals surface area contributed by atoms with Crippen LogP contribution >= 0.6 is 0 Å². The van der Waals surface area contributed by atoms with Crippen LogP contribution in [0.4, 0.5) is 0 Å². The standard InChI is InChI=1S/C42H62O16/c1-37(2)21-8-11-42(7)31(20(43)16-18-19-17-39(4,36(53)54)13-12-38(19,3)14-15-41(18,42)6)40(21,5)10-9-22(37)55-35-30(26(47)25(46)29(57-35)33(51)52)58-34-27(48)23(44)24(45)28(56-34)32(49)50/h16,19,21-31,34-35,44-48H,8-15,17H2,1-7H3,(H,49,50)(H,51,52)(H,53,54)/t19-,21+,22+,23-,24-,25-,26-,27+,28-,29-,30+,31-,34-,35-,38-,39+,40+,41-,42+/m1/s1. The lowest BCUT2D eigenvalue weighted by Crippen LogP contribution is -2.68. The zero-order valence-corrected chi connectivity index (χ0v) is 34.4. The highest BCUT2D eigenvalue weighted by atomic mass is 16.8. The molecule has 0 aromatic carbocycles. The van der Waals surface area contributed by atoms with E-state index in [9.17, 15) is 60.0 Å². The van der Waals surface area contributed by atoms with Crippen molar-refractivity contribution in [1.29, 1.82) is 0 Å². The number of carboxylic acids is 3. The second-order valence-electron chi connectivity index (χ2n) is 20.6. The summed E-state index contributed by atoms with van der Waals surface area (Å²) in [5.74, 6) is -4.47. The van der Waals surface area contributed by atoms with E-state index in [1.165, 1.54) is 0 Å². The molecule has 0 bridgehead atoms. The largest absolute Gasteiger partial charge is 0.481 e. The van der Waals surface area contributed by atoms with Crippen LogP contribution in [-0.2, 0) is 38.1 Å². The fraction of sp³-hybridized carbons (Fsp3) is 0.857. The summed E-state index contributed by atoms with van der Waals surface area (Å²) in [5, 5.41) is 83.0. The third kappa shape index (κ3) is 6.25. The molecule has 2 aliphatic heterocycles. The molecule has 16 heteroatoms. The normalized spacial score (nSPS) is 52.6. The highest BCUT2D eigenvalue weighted by Crippen LogP contribution is 2.75. The van der Waals surface area contributed by atoms with Crippen molar-refractivity contribution in [2.24, 2.45) is 50.2 Å². The second-order valence-corrected chi connectivity index (χ2v) is 20.6. The lowest BCUT2D eigenvalue weighted by Gasteiger charge is -2.70. The Morgan fingerprint density at radius 3 is 1.88 bits per heavy atom. The quantitative estimate of drug-likeness (QED) is 0.171. The van der Waals surface area contributed by atoms with Gasteiger partial charge in [0, 0.05) is 5.92 Å². The highest BCUT2D eigenvalue weighted by molar-refractivity contribution is 5.95. The molecule has 7 aliphatic rings. The Morgan fingerprint density at radius 1 is 0.690 bits per heavy atom. The van der Waals surface area contributed by atoms with Crippen molar-refractivity contribution in [3.05, 3.63) is 11.6 Å². The van der Waals surface area contributed by atoms with E-state index in [1.807, 2.05) is 26.8 Å². The first-order valence-electron chi connectivity index (χ1n) is 20.7. The average molecular weight is 823 g/mol. The molecule has 2 saturated heterocycles. The van der Waals surface area contributed by atoms with Crippen molar-refractivity contribution in [3.8, 4) is 0 Å². The third-order valence-corrected chi connectivity index (χ3v) is 17.2. The zero-order valence-electron chi connectivity index (χ0n) is 34.4. The van der Waals surface area contributed by atoms with Crippen LogP contribution in [0.2, 0.25) is 0 Å². The van der Waals surface area contributed by atoms with Gasteiger partial charge in [0.15, 0.2) is 30.6 Å². The van der Waals surface area contributed by atoms with Gasteiger partial charge in [-0.2, -0.15) is 0 Å². The number of ether oxygens (including phenoxy) is 4. The topological polar surface area (TPSA) is 267 Å². The Labute approximate surface area is 337 Å². The lowest BCUT2D eigenvalue weighted by molar-refractivity contribution is -0.371. The number of carbonyl (C=O) groups excluding carboxylic acids is 1. The molecule has 5 aliphatic carbocycles. The molecular weight excluding hydrogens is 760 g/mol. The number of hydrogen-bond donors (Lipinski definition) is 8. The fourth-order valence-corrected chi connectivity index (χ4v) is 13.4. The molecule has 0 spiro atoms. The molecule has 8 N–H and O–H groups in total. The monoisotopic (exact) mass is 822 g/mol. The first kappa shape index (κ1) is 43.5. The molecule has 0 aromatic rings. The van der Waals surface area contributed by atoms with Crippen LogP contribution in [0.15, 0.2) is 11.6 Å². The maximum atomic E-state index is 14.8. The number of ketones is 1. The van der Waals surface area contributed by atoms with Gasteiger partial charge in [-0.1, -0.05) is 47.1 Å². The van der Waals surface area contributed by atoms with Gasteiger partial charge in [-0.15, -0.1) is 0 Å². The van der Waals surface area contributed by atoms with Crippen LogP contribution in [0, 0.1) is 50.2 Å². The Bertz CT molecular complexity index is 1730. The van der Waals surface area contributed by atoms with Gasteiger partial charge < -0.3 is 59.8 Å². The van der Waals surface area contributed by atoms with Crippen molar-refractivity contribution in [3.63, 3.8) is 0 Å². The minimum Gasteiger partial charge on any atom is -0.481 e. The van der Waals surface area contributed by atoms with E-state index < -0.39 is 107 Å². The molecular formula is C42H62O16. The number of rotatable bonds is 7. The van der Waals surface area contributed by atoms with Gasteiger partial charge in [-0.05, 0) is 110 Å². The van der Waals surface area contributed by atoms with Crippen LogP contribution in [0.3, 0.4) is 0 Å². The van der Waals surface area contributed by atoms with Gasteiger partial charge in [-0.3, -0.25) is 9.59 Å². The molecule has 16 nitrogen and oxygen atoms in total. The van der Waals surface area contributed by atoms with Gasteiger partial charge in [0.2, 0.25) is 0 Å². The summed E-state index contributed by atoms with van der Waals surface area (Å²) in [7, 11) is 0. The number of aliphatic hydroxyl groups is 5. The Balaban J connectivity index is 1.17. The third-order valence-electron chi connectivity index (χ3n) is 17.2. The van der Waals surface area contributed by atoms with Crippen LogP contribution in [0.5, 0.6) is 0 Å². The van der Waals surface area contributed by atoms with Gasteiger partial charge in [0.25, 0.3) is 0 Å². The first-order valence-corrected chi connectivity index (χ1v) is 20.7. The van der Waals surface area contributed by atoms with E-state index in [0.29, 0.717) is 25.7 Å². The lowest BCUT2D eigenvalue weighted by atomic mass is 9.33. The van der Waals surface area contributed by atoms with Crippen LogP contribution in [-0.4, -0.2) is 132 Å². The van der Waals surface area contributed by atoms with Gasteiger partial charge >= 0.3 is 17.9 Å². The van der Waals surface area contributed by atoms with Crippen molar-refractivity contribution in [2.45, 2.75) is 174 Å². The summed E-state index contributed by atoms with van der Waals surface area (Å²) in [6.45, 7) is 14.8. The summed E-state index contributed by atoms with van der Waals surface area (Å²) in [6.07, 6.45) is -12.2. The summed E-state index contributed by atoms with van der Waals surface area (Å²) < 4.78 is 23.4. The maximum absolute atomic E-state index is 14.8. The van der Waals surface area contributed by atoms with E-state index in [4.69, 9.17) is 18.9 Å². The number of carbonyl (C=O) groups is 4. The molecule has 2 heterocycles. The SMILES string of the molecule is CC1(C)[C@@H](O[C@@H]2O[C@@H](C(=O)O)[C@H](O)[C@@H](O)[C@@H]2O[C@H]2O[C@@H](C(=O)O)[C@H](O)[C@@H](O)[C@@H]2O)CC[C@]2(C)[C@H]3C(=O)C=C4[C@H]5C[C@@](C)(C(=O)O)CC[C@]5(C)CC[C@@]4(C)[C@@]3(C)CC[C@@H]12. The molecule has 326 valence electrons. The zero-order chi connectivity index (χ0) is 42.9. The Kier molecular flexibility index (Phi) is 10.7. The van der Waals surface area contributed by atoms with E-state index in [-0.39, 0.29) is 34.4 Å². The van der Waals surface area contributed by atoms with E-state index >= 15 is 0 Å². The molecule has 0 amide bonds. The predicted molar refractivity (Wildman–Crippen MR) is 199 cm³/mol. The molecule has 7 rings (SSSR count). The molecule has 19 atom stereocenters. The van der Waals surface area contributed by atoms with Gasteiger partial charge in [0.1, 0.15) is 36.6 Å². The van der Waals surface area contributed by atoms with Crippen LogP contribution < -0.4 is 0 Å². The van der Waals surface area contributed by atoms with Crippen molar-refractivity contribution in [1.82, 2.24) is 0 Å². The minimum atomic E-state index is -2.05. The second kappa shape index (κ2) is 14.3. The molecule has 0 radical (unpaired) electrons. The number of hydrogen-bond acceptors (Lipinski definition) is 13. The number of fused-ring (bicyclic) bond motifs is 7. The summed E-state index contributed by atoms with van der Waals surface area (Å²) in [5.41, 5.74) is -1.81. The molecule has 0 aromatic heterocycles. The maximum Gasteiger partial charge on any atom is 0.335 e. The van der Waals surface area contributed by atoms with Gasteiger partial charge in [-0.25, -0.2) is 9.59 Å². The predicted octanol–water partition coefficient (Wildman–Crippen LogP) is 2.25. The number of aliphatic carboxylic acids is 3. The van der Waals surface area contributed by atoms with Crippen molar-refractivity contribution in [2.75, 3.05) is 0 Å². The molecule has 58 heavy (non-hydrogen) atoms. The smallest absolute Gasteiger partial charge is 0.335 e. The summed E-state index contributed by atoms with van der Waals surface area (Å²) in [6, 6.07) is 0. The first-order chi connectivity index (χ1) is 26.8. The van der Waals surface area contributed by atoms with Crippen molar-refractivity contribution < 1.29 is 79.0 Å². The average Bonchev–Trinajstić information content (AvgIpc) is 3.13. The molecule has 0 unspecified atom stereocenters. The Hall–Kier alpha value is -2.54. The summed E-state index contributed by atoms with van der Waals surface area (Å²) in [4.78, 5) is 51.3. The van der Waals surface area contributed by atoms with E-state index in [1.54, 1.807) is 0 Å². The highest BCUT2D eigenvalue weighted by Gasteiger charge is 2.71.